The molecule has 25 heavy (non-hydrogen) atoms. The highest BCUT2D eigenvalue weighted by molar-refractivity contribution is 7.90. The Hall–Kier alpha value is -1.71. The molecule has 0 atom stereocenters. The van der Waals surface area contributed by atoms with Crippen molar-refractivity contribution in [2.45, 2.75) is 18.9 Å². The van der Waals surface area contributed by atoms with Crippen LogP contribution in [0.5, 0.6) is 0 Å². The zero-order chi connectivity index (χ0) is 17.9. The number of nitrogens with one attached hydrogen (secondary N) is 2. The number of nitrogens with zero attached hydrogens (tertiary/aromatic N) is 2. The van der Waals surface area contributed by atoms with Crippen molar-refractivity contribution in [3.05, 3.63) is 29.3 Å². The molecule has 2 aromatic rings. The van der Waals surface area contributed by atoms with Crippen molar-refractivity contribution in [1.82, 2.24) is 20.4 Å². The first kappa shape index (κ1) is 18.1. The number of amides is 1. The van der Waals surface area contributed by atoms with E-state index in [2.05, 4.69) is 20.4 Å². The zero-order valence-corrected chi connectivity index (χ0v) is 15.7. The number of sulfone groups is 1. The van der Waals surface area contributed by atoms with Crippen LogP contribution in [-0.4, -0.2) is 67.1 Å². The molecule has 0 radical (unpaired) electrons. The summed E-state index contributed by atoms with van der Waals surface area (Å²) in [4.78, 5) is 15.5. The second kappa shape index (κ2) is 7.67. The minimum atomic E-state index is -2.93. The number of H-pyrrole nitrogens is 1. The van der Waals surface area contributed by atoms with Crippen LogP contribution in [0.4, 0.5) is 0 Å². The Balaban J connectivity index is 1.48. The van der Waals surface area contributed by atoms with E-state index in [-0.39, 0.29) is 17.7 Å². The Morgan fingerprint density at radius 2 is 2.20 bits per heavy atom. The van der Waals surface area contributed by atoms with Crippen molar-refractivity contribution in [3.63, 3.8) is 0 Å². The van der Waals surface area contributed by atoms with Gasteiger partial charge in [0.1, 0.15) is 9.84 Å². The summed E-state index contributed by atoms with van der Waals surface area (Å²) in [5, 5.41) is 12.0. The number of carbonyl (C=O) groups excluding carboxylic acids is 1. The predicted molar refractivity (Wildman–Crippen MR) is 98.5 cm³/mol. The standard InChI is InChI=1S/C16H22N4O3S2/c1-25(22,23)10-8-20-6-4-12(5-7-20)17-16(21)14-11-13(18-19-14)15-3-2-9-24-15/h2-3,9,11-12H,4-8,10H2,1H3,(H,17,21)(H,18,19). The van der Waals surface area contributed by atoms with Crippen LogP contribution in [0.3, 0.4) is 0 Å². The van der Waals surface area contributed by atoms with E-state index in [0.717, 1.165) is 36.5 Å². The maximum Gasteiger partial charge on any atom is 0.272 e. The molecule has 0 bridgehead atoms. The summed E-state index contributed by atoms with van der Waals surface area (Å²) in [6, 6.07) is 5.80. The van der Waals surface area contributed by atoms with E-state index in [1.165, 1.54) is 6.26 Å². The first-order chi connectivity index (χ1) is 11.9. The number of aromatic amines is 1. The van der Waals surface area contributed by atoms with Crippen molar-refractivity contribution >= 4 is 27.1 Å². The van der Waals surface area contributed by atoms with Gasteiger partial charge in [-0.2, -0.15) is 5.10 Å². The minimum Gasteiger partial charge on any atom is -0.348 e. The molecule has 1 fully saturated rings. The summed E-state index contributed by atoms with van der Waals surface area (Å²) < 4.78 is 22.5. The van der Waals surface area contributed by atoms with Gasteiger partial charge in [-0.3, -0.25) is 9.89 Å². The summed E-state index contributed by atoms with van der Waals surface area (Å²) >= 11 is 1.59. The highest BCUT2D eigenvalue weighted by atomic mass is 32.2. The number of hydrogen-bond donors (Lipinski definition) is 2. The number of carbonyl (C=O) groups is 1. The lowest BCUT2D eigenvalue weighted by Crippen LogP contribution is -2.45. The van der Waals surface area contributed by atoms with Crippen molar-refractivity contribution in [3.8, 4) is 10.6 Å². The van der Waals surface area contributed by atoms with E-state index in [4.69, 9.17) is 0 Å². The lowest BCUT2D eigenvalue weighted by molar-refractivity contribution is 0.0908. The average molecular weight is 383 g/mol. The summed E-state index contributed by atoms with van der Waals surface area (Å²) in [6.07, 6.45) is 2.89. The maximum atomic E-state index is 12.4. The molecule has 3 heterocycles. The molecule has 7 nitrogen and oxygen atoms in total. The molecule has 3 rings (SSSR count). The fourth-order valence-corrected chi connectivity index (χ4v) is 4.13. The molecule has 1 saturated heterocycles. The Morgan fingerprint density at radius 3 is 2.84 bits per heavy atom. The van der Waals surface area contributed by atoms with Gasteiger partial charge in [0.2, 0.25) is 0 Å². The fraction of sp³-hybridized carbons (Fsp3) is 0.500. The monoisotopic (exact) mass is 382 g/mol. The Bertz CT molecular complexity index is 806. The molecule has 0 aliphatic carbocycles. The van der Waals surface area contributed by atoms with Crippen LogP contribution in [0.25, 0.3) is 10.6 Å². The molecule has 0 unspecified atom stereocenters. The Morgan fingerprint density at radius 1 is 1.44 bits per heavy atom. The van der Waals surface area contributed by atoms with Gasteiger partial charge in [-0.15, -0.1) is 11.3 Å². The third-order valence-corrected chi connectivity index (χ3v) is 6.13. The fourth-order valence-electron chi connectivity index (χ4n) is 2.85. The van der Waals surface area contributed by atoms with E-state index in [0.29, 0.717) is 12.2 Å². The molecular formula is C16H22N4O3S2. The summed E-state index contributed by atoms with van der Waals surface area (Å²) in [6.45, 7) is 2.14. The van der Waals surface area contributed by atoms with Crippen LogP contribution in [-0.2, 0) is 9.84 Å². The summed E-state index contributed by atoms with van der Waals surface area (Å²) in [5.41, 5.74) is 1.23. The largest absolute Gasteiger partial charge is 0.348 e. The van der Waals surface area contributed by atoms with Crippen LogP contribution in [0, 0.1) is 0 Å². The highest BCUT2D eigenvalue weighted by Gasteiger charge is 2.22. The number of likely N-dealkylation sites (tertiary alicyclic amines) is 1. The lowest BCUT2D eigenvalue weighted by Gasteiger charge is -2.31. The molecule has 2 N–H and O–H groups in total. The molecule has 1 amide bonds. The maximum absolute atomic E-state index is 12.4. The molecule has 136 valence electrons. The minimum absolute atomic E-state index is 0.101. The smallest absolute Gasteiger partial charge is 0.272 e. The molecule has 1 aliphatic heterocycles. The van der Waals surface area contributed by atoms with Gasteiger partial charge in [-0.05, 0) is 30.4 Å². The lowest BCUT2D eigenvalue weighted by atomic mass is 10.0. The van der Waals surface area contributed by atoms with E-state index in [9.17, 15) is 13.2 Å². The number of rotatable bonds is 6. The number of aromatic nitrogens is 2. The van der Waals surface area contributed by atoms with Crippen LogP contribution in [0.2, 0.25) is 0 Å². The topological polar surface area (TPSA) is 95.2 Å². The van der Waals surface area contributed by atoms with Crippen LogP contribution < -0.4 is 5.32 Å². The molecule has 0 saturated carbocycles. The third kappa shape index (κ3) is 5.13. The number of thiophene rings is 1. The molecule has 0 spiro atoms. The van der Waals surface area contributed by atoms with Gasteiger partial charge in [-0.25, -0.2) is 8.42 Å². The van der Waals surface area contributed by atoms with E-state index >= 15 is 0 Å². The van der Waals surface area contributed by atoms with Gasteiger partial charge in [0, 0.05) is 31.9 Å². The van der Waals surface area contributed by atoms with Gasteiger partial charge < -0.3 is 10.2 Å². The number of piperidine rings is 1. The van der Waals surface area contributed by atoms with E-state index in [1.54, 1.807) is 17.4 Å². The van der Waals surface area contributed by atoms with Crippen LogP contribution in [0.1, 0.15) is 23.3 Å². The van der Waals surface area contributed by atoms with Crippen LogP contribution >= 0.6 is 11.3 Å². The summed E-state index contributed by atoms with van der Waals surface area (Å²) in [5.74, 6) is 0.0108. The van der Waals surface area contributed by atoms with E-state index < -0.39 is 9.84 Å². The van der Waals surface area contributed by atoms with Crippen molar-refractivity contribution < 1.29 is 13.2 Å². The first-order valence-corrected chi connectivity index (χ1v) is 11.1. The van der Waals surface area contributed by atoms with Gasteiger partial charge >= 0.3 is 0 Å². The van der Waals surface area contributed by atoms with Gasteiger partial charge in [0.15, 0.2) is 5.69 Å². The van der Waals surface area contributed by atoms with Crippen molar-refractivity contribution in [1.29, 1.82) is 0 Å². The third-order valence-electron chi connectivity index (χ3n) is 4.30. The SMILES string of the molecule is CS(=O)(=O)CCN1CCC(NC(=O)c2cc(-c3cccs3)[nH]n2)CC1. The molecule has 0 aromatic carbocycles. The van der Waals surface area contributed by atoms with Crippen molar-refractivity contribution in [2.75, 3.05) is 31.6 Å². The zero-order valence-electron chi connectivity index (χ0n) is 14.1. The quantitative estimate of drug-likeness (QED) is 0.787. The predicted octanol–water partition coefficient (Wildman–Crippen LogP) is 1.38. The number of hydrogen-bond acceptors (Lipinski definition) is 6. The average Bonchev–Trinajstić information content (AvgIpc) is 3.24. The molecule has 1 aliphatic rings. The summed E-state index contributed by atoms with van der Waals surface area (Å²) in [7, 11) is -2.93. The molecule has 2 aromatic heterocycles. The second-order valence-electron chi connectivity index (χ2n) is 6.36. The highest BCUT2D eigenvalue weighted by Crippen LogP contribution is 2.23. The van der Waals surface area contributed by atoms with Gasteiger partial charge in [-0.1, -0.05) is 6.07 Å². The Labute approximate surface area is 151 Å². The Kier molecular flexibility index (Phi) is 5.55. The first-order valence-electron chi connectivity index (χ1n) is 8.21. The van der Waals surface area contributed by atoms with Crippen molar-refractivity contribution in [2.24, 2.45) is 0 Å². The molecular weight excluding hydrogens is 360 g/mol. The van der Waals surface area contributed by atoms with Gasteiger partial charge in [0.25, 0.3) is 5.91 Å². The van der Waals surface area contributed by atoms with E-state index in [1.807, 2.05) is 17.5 Å². The normalized spacial score (nSPS) is 16.8. The molecule has 9 heteroatoms. The van der Waals surface area contributed by atoms with Crippen LogP contribution in [0.15, 0.2) is 23.6 Å². The van der Waals surface area contributed by atoms with Gasteiger partial charge in [0.05, 0.1) is 16.3 Å². The second-order valence-corrected chi connectivity index (χ2v) is 9.57.